The van der Waals surface area contributed by atoms with Crippen molar-refractivity contribution in [2.24, 2.45) is 0 Å². The molecule has 0 bridgehead atoms. The molecule has 54 valence electrons. The van der Waals surface area contributed by atoms with Crippen LogP contribution in [0.3, 0.4) is 0 Å². The van der Waals surface area contributed by atoms with Crippen LogP contribution in [-0.2, 0) is 4.57 Å². The molecule has 1 nitrogen and oxygen atoms in total. The Labute approximate surface area is 66.7 Å². The fourth-order valence-electron chi connectivity index (χ4n) is 0.495. The molecule has 0 rings (SSSR count). The van der Waals surface area contributed by atoms with Crippen molar-refractivity contribution in [3.8, 4) is 0 Å². The molecule has 4 heteroatoms. The van der Waals surface area contributed by atoms with Crippen LogP contribution in [0.5, 0.6) is 0 Å². The van der Waals surface area contributed by atoms with E-state index in [0.29, 0.717) is 0 Å². The first-order chi connectivity index (χ1) is 4.27. The average molecular weight is 183 g/mol. The molecule has 0 saturated heterocycles. The molecule has 0 saturated carbocycles. The Morgan fingerprint density at radius 1 is 1.56 bits per heavy atom. The lowest BCUT2D eigenvalue weighted by molar-refractivity contribution is 0.603. The molecule has 0 N–H and O–H groups in total. The normalized spacial score (nSPS) is 11.6. The Morgan fingerprint density at radius 2 is 2.22 bits per heavy atom. The molecule has 1 unspecified atom stereocenters. The number of hydrogen-bond acceptors (Lipinski definition) is 2. The maximum Gasteiger partial charge on any atom is 0.480 e. The molecule has 0 aliphatic heterocycles. The van der Waals surface area contributed by atoms with Gasteiger partial charge < -0.3 is 0 Å². The molecule has 1 atom stereocenters. The maximum atomic E-state index is 10.4. The van der Waals surface area contributed by atoms with Gasteiger partial charge in [0.2, 0.25) is 0 Å². The van der Waals surface area contributed by atoms with Gasteiger partial charge in [0.15, 0.2) is 0 Å². The Hall–Kier alpha value is 0.800. The lowest BCUT2D eigenvalue weighted by Crippen LogP contribution is -1.74. The first-order valence-corrected chi connectivity index (χ1v) is 7.06. The van der Waals surface area contributed by atoms with E-state index in [0.717, 1.165) is 5.75 Å². The molecule has 0 aromatic heterocycles. The van der Waals surface area contributed by atoms with Gasteiger partial charge in [0, 0.05) is 5.75 Å². The average Bonchev–Trinajstić information content (AvgIpc) is 1.80. The molecule has 0 spiro atoms. The van der Waals surface area contributed by atoms with Crippen molar-refractivity contribution < 1.29 is 4.57 Å². The summed E-state index contributed by atoms with van der Waals surface area (Å²) in [4.78, 5) is 0. The van der Waals surface area contributed by atoms with E-state index in [1.165, 1.54) is 30.6 Å². The van der Waals surface area contributed by atoms with Gasteiger partial charge in [0.25, 0.3) is 0 Å². The van der Waals surface area contributed by atoms with Gasteiger partial charge in [-0.05, 0) is 11.0 Å². The molecule has 0 aromatic carbocycles. The minimum Gasteiger partial charge on any atom is -0.0654 e. The third-order valence-corrected chi connectivity index (χ3v) is 3.89. The van der Waals surface area contributed by atoms with Gasteiger partial charge in [-0.3, -0.25) is 0 Å². The summed E-state index contributed by atoms with van der Waals surface area (Å²) in [5.74, 6) is 0.993. The zero-order valence-electron chi connectivity index (χ0n) is 5.54. The SMILES string of the molecule is CCCCCS[P+](=O)S. The van der Waals surface area contributed by atoms with Crippen molar-refractivity contribution in [3.05, 3.63) is 0 Å². The van der Waals surface area contributed by atoms with Crippen molar-refractivity contribution in [2.45, 2.75) is 26.2 Å². The first kappa shape index (κ1) is 9.80. The van der Waals surface area contributed by atoms with Gasteiger partial charge in [-0.2, -0.15) is 0 Å². The highest BCUT2D eigenvalue weighted by Gasteiger charge is 2.07. The van der Waals surface area contributed by atoms with Gasteiger partial charge in [-0.25, -0.2) is 0 Å². The summed E-state index contributed by atoms with van der Waals surface area (Å²) in [7, 11) is 0. The van der Waals surface area contributed by atoms with Crippen molar-refractivity contribution in [3.63, 3.8) is 0 Å². The topological polar surface area (TPSA) is 17.1 Å². The Bertz CT molecular complexity index is 87.0. The summed E-state index contributed by atoms with van der Waals surface area (Å²) < 4.78 is 10.4. The summed E-state index contributed by atoms with van der Waals surface area (Å²) in [5.41, 5.74) is 0. The van der Waals surface area contributed by atoms with Crippen LogP contribution in [-0.4, -0.2) is 5.75 Å². The number of rotatable bonds is 5. The summed E-state index contributed by atoms with van der Waals surface area (Å²) in [5, 5.41) is 0. The van der Waals surface area contributed by atoms with Crippen LogP contribution >= 0.6 is 29.8 Å². The third kappa shape index (κ3) is 8.80. The van der Waals surface area contributed by atoms with Gasteiger partial charge in [0.1, 0.15) is 23.6 Å². The number of thiol groups is 1. The van der Waals surface area contributed by atoms with Crippen LogP contribution in [0.4, 0.5) is 0 Å². The number of hydrogen-bond donors (Lipinski definition) is 1. The zero-order valence-corrected chi connectivity index (χ0v) is 8.14. The largest absolute Gasteiger partial charge is 0.480 e. The van der Waals surface area contributed by atoms with E-state index in [2.05, 4.69) is 19.2 Å². The van der Waals surface area contributed by atoms with E-state index in [9.17, 15) is 4.57 Å². The van der Waals surface area contributed by atoms with Crippen LogP contribution < -0.4 is 0 Å². The monoisotopic (exact) mass is 183 g/mol. The fourth-order valence-corrected chi connectivity index (χ4v) is 2.57. The van der Waals surface area contributed by atoms with E-state index in [-0.39, 0.29) is 0 Å². The van der Waals surface area contributed by atoms with E-state index < -0.39 is 6.20 Å². The summed E-state index contributed by atoms with van der Waals surface area (Å²) in [6.07, 6.45) is 2.38. The minimum absolute atomic E-state index is 0.993. The lowest BCUT2D eigenvalue weighted by Gasteiger charge is -1.87. The second kappa shape index (κ2) is 6.91. The highest BCUT2D eigenvalue weighted by molar-refractivity contribution is 8.79. The second-order valence-electron chi connectivity index (χ2n) is 1.78. The van der Waals surface area contributed by atoms with E-state index in [4.69, 9.17) is 0 Å². The van der Waals surface area contributed by atoms with Crippen LogP contribution in [0, 0.1) is 0 Å². The Kier molecular flexibility index (Phi) is 7.53. The fraction of sp³-hybridized carbons (Fsp3) is 1.00. The van der Waals surface area contributed by atoms with Crippen molar-refractivity contribution >= 4 is 29.8 Å². The van der Waals surface area contributed by atoms with Gasteiger partial charge >= 0.3 is 6.20 Å². The third-order valence-electron chi connectivity index (χ3n) is 0.950. The summed E-state index contributed by atoms with van der Waals surface area (Å²) in [6.45, 7) is 2.16. The molecular weight excluding hydrogens is 171 g/mol. The second-order valence-corrected chi connectivity index (χ2v) is 6.59. The molecule has 0 radical (unpaired) electrons. The molecule has 0 fully saturated rings. The highest BCUT2D eigenvalue weighted by Crippen LogP contribution is 2.42. The molecule has 0 aliphatic carbocycles. The predicted molar refractivity (Wildman–Crippen MR) is 48.6 cm³/mol. The van der Waals surface area contributed by atoms with E-state index >= 15 is 0 Å². The molecule has 9 heavy (non-hydrogen) atoms. The van der Waals surface area contributed by atoms with Crippen LogP contribution in [0.1, 0.15) is 26.2 Å². The molecule has 0 heterocycles. The summed E-state index contributed by atoms with van der Waals surface area (Å²) in [6, 6.07) is 0. The molecular formula is C5H12OPS2+. The van der Waals surface area contributed by atoms with Gasteiger partial charge in [0.05, 0.1) is 0 Å². The van der Waals surface area contributed by atoms with Crippen LogP contribution in [0.25, 0.3) is 0 Å². The Balaban J connectivity index is 2.83. The standard InChI is InChI=1S/C5H11OPS2/c1-2-3-4-5-9-7(6)8/h2-5H2,1H3/p+1. The minimum atomic E-state index is -1.26. The zero-order chi connectivity index (χ0) is 7.11. The smallest absolute Gasteiger partial charge is 0.0654 e. The van der Waals surface area contributed by atoms with Gasteiger partial charge in [-0.1, -0.05) is 19.8 Å². The van der Waals surface area contributed by atoms with Crippen molar-refractivity contribution in [1.82, 2.24) is 0 Å². The number of unbranched alkanes of at least 4 members (excludes halogenated alkanes) is 2. The summed E-state index contributed by atoms with van der Waals surface area (Å²) >= 11 is 5.22. The first-order valence-electron chi connectivity index (χ1n) is 3.06. The van der Waals surface area contributed by atoms with Crippen LogP contribution in [0.2, 0.25) is 0 Å². The van der Waals surface area contributed by atoms with Crippen LogP contribution in [0.15, 0.2) is 0 Å². The molecule has 0 amide bonds. The molecule has 0 aromatic rings. The maximum absolute atomic E-state index is 10.4. The highest BCUT2D eigenvalue weighted by atomic mass is 33.1. The van der Waals surface area contributed by atoms with Gasteiger partial charge in [-0.15, -0.1) is 0 Å². The lowest BCUT2D eigenvalue weighted by atomic mass is 10.3. The van der Waals surface area contributed by atoms with E-state index in [1.54, 1.807) is 0 Å². The molecule has 0 aliphatic rings. The van der Waals surface area contributed by atoms with Crippen molar-refractivity contribution in [1.29, 1.82) is 0 Å². The Morgan fingerprint density at radius 3 is 2.67 bits per heavy atom. The van der Waals surface area contributed by atoms with Crippen molar-refractivity contribution in [2.75, 3.05) is 5.75 Å². The quantitative estimate of drug-likeness (QED) is 0.399. The predicted octanol–water partition coefficient (Wildman–Crippen LogP) is 3.50. The van der Waals surface area contributed by atoms with E-state index in [1.807, 2.05) is 0 Å².